The molecule has 12 heavy (non-hydrogen) atoms. The molecule has 0 aromatic heterocycles. The van der Waals surface area contributed by atoms with Crippen molar-refractivity contribution < 1.29 is 0 Å². The zero-order valence-corrected chi connectivity index (χ0v) is 7.92. The number of unbranched alkanes of at least 4 members (excludes halogenated alkanes) is 1. The Morgan fingerprint density at radius 3 is 2.67 bits per heavy atom. The molecule has 0 aliphatic heterocycles. The van der Waals surface area contributed by atoms with Crippen LogP contribution in [0.5, 0.6) is 0 Å². The standard InChI is InChI=1S/C11H19N/c1-3-4-5-8-11(2)9-6-7-10-12/h3-5,8H,2,6-7,9-10,12H2,1H3/b4-3-,8-5-. The van der Waals surface area contributed by atoms with Gasteiger partial charge in [0, 0.05) is 0 Å². The molecule has 0 radical (unpaired) electrons. The van der Waals surface area contributed by atoms with Gasteiger partial charge in [0.1, 0.15) is 0 Å². The van der Waals surface area contributed by atoms with Gasteiger partial charge in [0.15, 0.2) is 0 Å². The van der Waals surface area contributed by atoms with E-state index in [-0.39, 0.29) is 0 Å². The Kier molecular flexibility index (Phi) is 7.71. The van der Waals surface area contributed by atoms with Gasteiger partial charge in [-0.05, 0) is 32.7 Å². The van der Waals surface area contributed by atoms with Crippen LogP contribution in [0.4, 0.5) is 0 Å². The molecule has 0 amide bonds. The molecule has 0 unspecified atom stereocenters. The first kappa shape index (κ1) is 11.2. The highest BCUT2D eigenvalue weighted by molar-refractivity contribution is 5.18. The first-order valence-electron chi connectivity index (χ1n) is 4.48. The fourth-order valence-electron chi connectivity index (χ4n) is 0.882. The van der Waals surface area contributed by atoms with Gasteiger partial charge in [-0.3, -0.25) is 0 Å². The molecule has 0 heterocycles. The third-order valence-corrected chi connectivity index (χ3v) is 1.59. The molecule has 0 aromatic rings. The third kappa shape index (κ3) is 7.29. The van der Waals surface area contributed by atoms with Gasteiger partial charge in [-0.25, -0.2) is 0 Å². The summed E-state index contributed by atoms with van der Waals surface area (Å²) < 4.78 is 0. The first-order chi connectivity index (χ1) is 5.81. The normalized spacial score (nSPS) is 11.5. The quantitative estimate of drug-likeness (QED) is 0.475. The molecule has 0 spiro atoms. The average molecular weight is 165 g/mol. The predicted molar refractivity (Wildman–Crippen MR) is 56.0 cm³/mol. The summed E-state index contributed by atoms with van der Waals surface area (Å²) in [5.74, 6) is 0. The van der Waals surface area contributed by atoms with Crippen LogP contribution < -0.4 is 5.73 Å². The van der Waals surface area contributed by atoms with Crippen LogP contribution in [0.2, 0.25) is 0 Å². The molecule has 0 bridgehead atoms. The van der Waals surface area contributed by atoms with Gasteiger partial charge in [0.25, 0.3) is 0 Å². The van der Waals surface area contributed by atoms with Gasteiger partial charge in [0.05, 0.1) is 0 Å². The minimum atomic E-state index is 0.784. The third-order valence-electron chi connectivity index (χ3n) is 1.59. The minimum absolute atomic E-state index is 0.784. The molecule has 2 N–H and O–H groups in total. The smallest absolute Gasteiger partial charge is 0.00772 e. The van der Waals surface area contributed by atoms with Crippen molar-refractivity contribution in [1.82, 2.24) is 0 Å². The highest BCUT2D eigenvalue weighted by Crippen LogP contribution is 2.05. The van der Waals surface area contributed by atoms with Crippen LogP contribution in [0.3, 0.4) is 0 Å². The summed E-state index contributed by atoms with van der Waals surface area (Å²) in [6, 6.07) is 0. The number of hydrogen-bond acceptors (Lipinski definition) is 1. The van der Waals surface area contributed by atoms with Crippen molar-refractivity contribution in [2.75, 3.05) is 6.54 Å². The van der Waals surface area contributed by atoms with Crippen molar-refractivity contribution in [2.24, 2.45) is 5.73 Å². The zero-order chi connectivity index (χ0) is 9.23. The Morgan fingerprint density at radius 2 is 2.08 bits per heavy atom. The molecular weight excluding hydrogens is 146 g/mol. The van der Waals surface area contributed by atoms with Gasteiger partial charge in [-0.1, -0.05) is 36.5 Å². The van der Waals surface area contributed by atoms with E-state index < -0.39 is 0 Å². The number of hydrogen-bond donors (Lipinski definition) is 1. The lowest BCUT2D eigenvalue weighted by Crippen LogP contribution is -1.97. The summed E-state index contributed by atoms with van der Waals surface area (Å²) in [5.41, 5.74) is 6.56. The van der Waals surface area contributed by atoms with E-state index in [4.69, 9.17) is 5.73 Å². The Balaban J connectivity index is 3.45. The highest BCUT2D eigenvalue weighted by Gasteiger charge is 1.87. The molecule has 0 aromatic carbocycles. The lowest BCUT2D eigenvalue weighted by atomic mass is 10.1. The maximum absolute atomic E-state index is 5.38. The molecule has 0 aliphatic carbocycles. The molecule has 0 fully saturated rings. The van der Waals surface area contributed by atoms with E-state index in [9.17, 15) is 0 Å². The van der Waals surface area contributed by atoms with Crippen LogP contribution in [0, 0.1) is 0 Å². The number of nitrogens with two attached hydrogens (primary N) is 1. The van der Waals surface area contributed by atoms with E-state index >= 15 is 0 Å². The van der Waals surface area contributed by atoms with Crippen molar-refractivity contribution in [3.8, 4) is 0 Å². The summed E-state index contributed by atoms with van der Waals surface area (Å²) in [4.78, 5) is 0. The van der Waals surface area contributed by atoms with Gasteiger partial charge < -0.3 is 5.73 Å². The fraction of sp³-hybridized carbons (Fsp3) is 0.455. The van der Waals surface area contributed by atoms with E-state index in [1.165, 1.54) is 5.57 Å². The van der Waals surface area contributed by atoms with Crippen molar-refractivity contribution in [2.45, 2.75) is 26.2 Å². The Bertz CT molecular complexity index is 166. The second kappa shape index (κ2) is 8.28. The van der Waals surface area contributed by atoms with Crippen molar-refractivity contribution >= 4 is 0 Å². The number of allylic oxidation sites excluding steroid dienone is 5. The van der Waals surface area contributed by atoms with E-state index in [2.05, 4.69) is 12.7 Å². The molecule has 68 valence electrons. The maximum atomic E-state index is 5.38. The zero-order valence-electron chi connectivity index (χ0n) is 7.92. The molecule has 1 heteroatoms. The fourth-order valence-corrected chi connectivity index (χ4v) is 0.882. The van der Waals surface area contributed by atoms with Crippen molar-refractivity contribution in [3.05, 3.63) is 36.5 Å². The largest absolute Gasteiger partial charge is 0.330 e. The summed E-state index contributed by atoms with van der Waals surface area (Å²) in [5, 5.41) is 0. The van der Waals surface area contributed by atoms with Crippen LogP contribution in [0.15, 0.2) is 36.5 Å². The average Bonchev–Trinajstić information content (AvgIpc) is 2.06. The van der Waals surface area contributed by atoms with Crippen molar-refractivity contribution in [1.29, 1.82) is 0 Å². The topological polar surface area (TPSA) is 26.0 Å². The Labute approximate surface area is 75.7 Å². The van der Waals surface area contributed by atoms with Crippen LogP contribution in [-0.2, 0) is 0 Å². The highest BCUT2D eigenvalue weighted by atomic mass is 14.5. The number of rotatable bonds is 6. The van der Waals surface area contributed by atoms with Crippen LogP contribution >= 0.6 is 0 Å². The van der Waals surface area contributed by atoms with E-state index in [0.717, 1.165) is 25.8 Å². The first-order valence-corrected chi connectivity index (χ1v) is 4.48. The summed E-state index contributed by atoms with van der Waals surface area (Å²) in [6.07, 6.45) is 11.4. The molecule has 0 rings (SSSR count). The molecule has 0 saturated heterocycles. The monoisotopic (exact) mass is 165 g/mol. The maximum Gasteiger partial charge on any atom is -0.00772 e. The van der Waals surface area contributed by atoms with E-state index in [1.54, 1.807) is 0 Å². The summed E-state index contributed by atoms with van der Waals surface area (Å²) in [7, 11) is 0. The Morgan fingerprint density at radius 1 is 1.33 bits per heavy atom. The molecule has 0 saturated carbocycles. The van der Waals surface area contributed by atoms with Gasteiger partial charge in [0.2, 0.25) is 0 Å². The van der Waals surface area contributed by atoms with Gasteiger partial charge in [-0.15, -0.1) is 0 Å². The Hall–Kier alpha value is -0.820. The van der Waals surface area contributed by atoms with E-state index in [0.29, 0.717) is 0 Å². The SMILES string of the molecule is C=C(/C=C\C=C/C)CCCCN. The van der Waals surface area contributed by atoms with Crippen LogP contribution in [-0.4, -0.2) is 6.54 Å². The van der Waals surface area contributed by atoms with Crippen LogP contribution in [0.1, 0.15) is 26.2 Å². The predicted octanol–water partition coefficient (Wildman–Crippen LogP) is 2.80. The second-order valence-corrected chi connectivity index (χ2v) is 2.79. The minimum Gasteiger partial charge on any atom is -0.330 e. The molecule has 1 nitrogen and oxygen atoms in total. The lowest BCUT2D eigenvalue weighted by molar-refractivity contribution is 0.748. The summed E-state index contributed by atoms with van der Waals surface area (Å²) in [6.45, 7) is 6.72. The molecule has 0 atom stereocenters. The van der Waals surface area contributed by atoms with Gasteiger partial charge >= 0.3 is 0 Å². The summed E-state index contributed by atoms with van der Waals surface area (Å²) >= 11 is 0. The second-order valence-electron chi connectivity index (χ2n) is 2.79. The van der Waals surface area contributed by atoms with Crippen molar-refractivity contribution in [3.63, 3.8) is 0 Å². The van der Waals surface area contributed by atoms with E-state index in [1.807, 2.05) is 25.2 Å². The molecule has 0 aliphatic rings. The van der Waals surface area contributed by atoms with Crippen LogP contribution in [0.25, 0.3) is 0 Å². The lowest BCUT2D eigenvalue weighted by Gasteiger charge is -1.97. The van der Waals surface area contributed by atoms with Gasteiger partial charge in [-0.2, -0.15) is 0 Å². The molecular formula is C11H19N.